The van der Waals surface area contributed by atoms with Crippen LogP contribution < -0.4 is 16.5 Å². The summed E-state index contributed by atoms with van der Waals surface area (Å²) >= 11 is 5.16. The number of nitrogens with two attached hydrogens (primary N) is 1. The number of nitrogens with one attached hydrogen (secondary N) is 1. The average Bonchev–Trinajstić information content (AvgIpc) is 3.62. The molecule has 15 nitrogen and oxygen atoms in total. The Morgan fingerprint density at radius 1 is 1.32 bits per heavy atom. The number of oxime groups is 1. The van der Waals surface area contributed by atoms with Crippen LogP contribution in [0.15, 0.2) is 54.8 Å². The van der Waals surface area contributed by atoms with Gasteiger partial charge in [0.2, 0.25) is 5.43 Å². The number of hydrogen-bond donors (Lipinski definition) is 5. The minimum Gasteiger partial charge on any atom is -0.503 e. The summed E-state index contributed by atoms with van der Waals surface area (Å²) in [5, 5.41) is 38.2. The van der Waals surface area contributed by atoms with E-state index in [1.165, 1.54) is 45.1 Å². The minimum atomic E-state index is -1.24. The van der Waals surface area contributed by atoms with E-state index in [0.717, 1.165) is 27.9 Å². The molecule has 3 aromatic rings. The van der Waals surface area contributed by atoms with E-state index in [0.29, 0.717) is 21.8 Å². The molecule has 0 unspecified atom stereocenters. The molecule has 0 spiro atoms. The zero-order valence-corrected chi connectivity index (χ0v) is 23.8. The number of carboxylic acid groups (broad SMARTS) is 1. The summed E-state index contributed by atoms with van der Waals surface area (Å²) in [6, 6.07) is -0.124. The number of rotatable bonds is 10. The monoisotopic (exact) mass is 637 g/mol. The fourth-order valence-electron chi connectivity index (χ4n) is 3.86. The number of amides is 2. The number of anilines is 1. The van der Waals surface area contributed by atoms with Gasteiger partial charge in [0.15, 0.2) is 23.2 Å². The molecule has 0 saturated carbocycles. The highest BCUT2D eigenvalue weighted by Crippen LogP contribution is 2.41. The zero-order chi connectivity index (χ0) is 29.3. The second-order valence-electron chi connectivity index (χ2n) is 8.35. The Balaban J connectivity index is 1.31. The third-order valence-electron chi connectivity index (χ3n) is 5.75. The molecule has 1 saturated heterocycles. The first-order valence-corrected chi connectivity index (χ1v) is 15.2. The summed E-state index contributed by atoms with van der Waals surface area (Å²) in [4.78, 5) is 64.7. The number of β-lactam (4-membered cyclic amide) rings is 1. The number of thioether (sulfide) groups is 2. The number of pyridine rings is 1. The summed E-state index contributed by atoms with van der Waals surface area (Å²) in [5.74, 6) is -2.68. The molecule has 6 N–H and O–H groups in total. The lowest BCUT2D eigenvalue weighted by molar-refractivity contribution is -0.150. The molecule has 5 rings (SSSR count). The fourth-order valence-corrected chi connectivity index (χ4v) is 7.53. The summed E-state index contributed by atoms with van der Waals surface area (Å²) in [7, 11) is 0. The quantitative estimate of drug-likeness (QED) is 0.0681. The lowest BCUT2D eigenvalue weighted by Gasteiger charge is -2.49. The Morgan fingerprint density at radius 3 is 2.80 bits per heavy atom. The number of aliphatic carboxylic acids is 1. The van der Waals surface area contributed by atoms with Crippen LogP contribution in [0, 0.1) is 0 Å². The van der Waals surface area contributed by atoms with Crippen LogP contribution >= 0.6 is 46.2 Å². The number of thiazole rings is 2. The molecule has 0 aromatic carbocycles. The number of fused-ring (bicyclic) bond motifs is 1. The van der Waals surface area contributed by atoms with Crippen LogP contribution in [0.4, 0.5) is 5.13 Å². The number of hydrogen-bond acceptors (Lipinski definition) is 15. The average molecular weight is 638 g/mol. The first-order valence-electron chi connectivity index (χ1n) is 11.4. The molecule has 19 heteroatoms. The van der Waals surface area contributed by atoms with Crippen LogP contribution in [0.3, 0.4) is 0 Å². The Morgan fingerprint density at radius 2 is 2.12 bits per heavy atom. The van der Waals surface area contributed by atoms with E-state index in [2.05, 4.69) is 20.4 Å². The second-order valence-corrected chi connectivity index (χ2v) is 12.5. The van der Waals surface area contributed by atoms with Crippen LogP contribution in [0.25, 0.3) is 0 Å². The van der Waals surface area contributed by atoms with Crippen LogP contribution in [0.5, 0.6) is 5.75 Å². The molecule has 0 aliphatic carbocycles. The smallest absolute Gasteiger partial charge is 0.352 e. The van der Waals surface area contributed by atoms with Gasteiger partial charge in [0.25, 0.3) is 11.8 Å². The predicted octanol–water partition coefficient (Wildman–Crippen LogP) is 0.738. The Hall–Kier alpha value is -4.07. The summed E-state index contributed by atoms with van der Waals surface area (Å²) in [6.07, 6.45) is 2.43. The number of nitrogen functional groups attached to an aromatic ring is 1. The third-order valence-corrected chi connectivity index (χ3v) is 9.82. The van der Waals surface area contributed by atoms with Crippen molar-refractivity contribution in [3.8, 4) is 5.75 Å². The molecule has 214 valence electrons. The van der Waals surface area contributed by atoms with E-state index in [-0.39, 0.29) is 27.9 Å². The molecule has 1 fully saturated rings. The highest BCUT2D eigenvalue weighted by atomic mass is 32.2. The van der Waals surface area contributed by atoms with E-state index in [1.807, 2.05) is 5.38 Å². The van der Waals surface area contributed by atoms with Crippen molar-refractivity contribution in [3.63, 3.8) is 0 Å². The van der Waals surface area contributed by atoms with Crippen molar-refractivity contribution in [1.82, 2.24) is 24.9 Å². The van der Waals surface area contributed by atoms with Gasteiger partial charge >= 0.3 is 5.97 Å². The zero-order valence-electron chi connectivity index (χ0n) is 20.5. The van der Waals surface area contributed by atoms with E-state index < -0.39 is 47.0 Å². The molecule has 2 atom stereocenters. The third kappa shape index (κ3) is 5.87. The summed E-state index contributed by atoms with van der Waals surface area (Å²) in [5.41, 5.74) is 5.03. The highest BCUT2D eigenvalue weighted by Gasteiger charge is 2.54. The highest BCUT2D eigenvalue weighted by molar-refractivity contribution is 8.01. The van der Waals surface area contributed by atoms with Gasteiger partial charge in [0.05, 0.1) is 6.20 Å². The summed E-state index contributed by atoms with van der Waals surface area (Å²) < 4.78 is 1.24. The predicted molar refractivity (Wildman–Crippen MR) is 150 cm³/mol. The van der Waals surface area contributed by atoms with Crippen LogP contribution in [0.2, 0.25) is 0 Å². The molecule has 41 heavy (non-hydrogen) atoms. The van der Waals surface area contributed by atoms with Gasteiger partial charge in [-0.3, -0.25) is 19.3 Å². The van der Waals surface area contributed by atoms with Gasteiger partial charge in [0.1, 0.15) is 32.8 Å². The SMILES string of the molecule is Nc1nc(/C(=N\OCc2cc(=O)c(O)cn2O)C(=O)N[C@@H]2C(=O)N3C(C(=O)O)=C(CSc4nccs4)CS[C@H]23)cs1. The van der Waals surface area contributed by atoms with Crippen molar-refractivity contribution in [3.05, 3.63) is 62.1 Å². The van der Waals surface area contributed by atoms with Gasteiger partial charge in [-0.05, 0) is 5.57 Å². The van der Waals surface area contributed by atoms with Crippen molar-refractivity contribution >= 4 is 74.8 Å². The number of carboxylic acids is 1. The van der Waals surface area contributed by atoms with Crippen molar-refractivity contribution in [2.45, 2.75) is 22.4 Å². The number of aromatic nitrogens is 3. The topological polar surface area (TPSA) is 223 Å². The molecule has 2 aliphatic heterocycles. The lowest BCUT2D eigenvalue weighted by Crippen LogP contribution is -2.71. The molecule has 5 heterocycles. The largest absolute Gasteiger partial charge is 0.503 e. The van der Waals surface area contributed by atoms with Crippen molar-refractivity contribution in [1.29, 1.82) is 0 Å². The van der Waals surface area contributed by atoms with Crippen molar-refractivity contribution in [2.75, 3.05) is 17.2 Å². The molecular formula is C22H19N7O8S4. The van der Waals surface area contributed by atoms with E-state index in [9.17, 15) is 34.6 Å². The Labute approximate surface area is 246 Å². The van der Waals surface area contributed by atoms with Crippen LogP contribution in [-0.2, 0) is 25.8 Å². The van der Waals surface area contributed by atoms with Crippen molar-refractivity contribution in [2.24, 2.45) is 5.16 Å². The van der Waals surface area contributed by atoms with Gasteiger partial charge in [0, 0.05) is 34.5 Å². The van der Waals surface area contributed by atoms with Crippen LogP contribution in [-0.4, -0.2) is 81.4 Å². The summed E-state index contributed by atoms with van der Waals surface area (Å²) in [6.45, 7) is -0.467. The van der Waals surface area contributed by atoms with Gasteiger partial charge < -0.3 is 31.3 Å². The van der Waals surface area contributed by atoms with Crippen LogP contribution in [0.1, 0.15) is 11.4 Å². The fraction of sp³-hybridized carbons (Fsp3) is 0.227. The molecule has 3 aromatic heterocycles. The van der Waals surface area contributed by atoms with E-state index >= 15 is 0 Å². The standard InChI is InChI=1S/C22H19N7O8S4/c23-21-25-11(8-40-21)14(27-37-5-10-3-12(30)13(31)4-28(10)36)17(32)26-15-18(33)29-16(20(34)35)9(6-39-19(15)29)7-41-22-24-1-2-38-22/h1-4,8,15,19,31,36H,5-7H2,(H2,23,25)(H,26,32)(H,34,35)/b27-14+/t15-,19-/m1/s1. The van der Waals surface area contributed by atoms with Gasteiger partial charge in [-0.25, -0.2) is 14.8 Å². The van der Waals surface area contributed by atoms with Gasteiger partial charge in [-0.15, -0.1) is 34.4 Å². The molecule has 2 amide bonds. The normalized spacial score (nSPS) is 18.6. The van der Waals surface area contributed by atoms with Gasteiger partial charge in [-0.2, -0.15) is 4.73 Å². The Kier molecular flexibility index (Phi) is 8.20. The maximum absolute atomic E-state index is 13.2. The number of aromatic hydroxyl groups is 1. The molecule has 2 aliphatic rings. The second kappa shape index (κ2) is 11.8. The van der Waals surface area contributed by atoms with E-state index in [1.54, 1.807) is 6.20 Å². The lowest BCUT2D eigenvalue weighted by atomic mass is 10.0. The number of carbonyl (C=O) groups excluding carboxylic acids is 2. The first-order chi connectivity index (χ1) is 19.6. The first kappa shape index (κ1) is 28.5. The van der Waals surface area contributed by atoms with Gasteiger partial charge in [-0.1, -0.05) is 16.9 Å². The Bertz CT molecular complexity index is 1630. The van der Waals surface area contributed by atoms with Crippen molar-refractivity contribution < 1.29 is 34.6 Å². The van der Waals surface area contributed by atoms with E-state index in [4.69, 9.17) is 10.6 Å². The molecular weight excluding hydrogens is 619 g/mol. The molecule has 0 bridgehead atoms. The number of nitrogens with zero attached hydrogens (tertiary/aromatic N) is 5. The number of carbonyl (C=O) groups is 3. The maximum Gasteiger partial charge on any atom is 0.352 e. The minimum absolute atomic E-state index is 0.0460. The molecule has 0 radical (unpaired) electrons. The maximum atomic E-state index is 13.2.